The molecule has 26 heavy (non-hydrogen) atoms. The number of benzene rings is 1. The van der Waals surface area contributed by atoms with Crippen LogP contribution in [0.25, 0.3) is 16.9 Å². The number of rotatable bonds is 4. The van der Waals surface area contributed by atoms with E-state index in [-0.39, 0.29) is 6.04 Å². The molecule has 8 heteroatoms. The van der Waals surface area contributed by atoms with Crippen molar-refractivity contribution in [2.24, 2.45) is 0 Å². The number of imidazole rings is 1. The average molecular weight is 378 g/mol. The molecule has 3 rings (SSSR count). The number of nitrogens with one attached hydrogen (secondary N) is 1. The van der Waals surface area contributed by atoms with E-state index in [0.717, 1.165) is 6.07 Å². The Hall–Kier alpha value is -2.19. The number of hydrogen-bond donors (Lipinski definition) is 1. The lowest BCUT2D eigenvalue weighted by molar-refractivity contribution is 0.583. The van der Waals surface area contributed by atoms with Gasteiger partial charge >= 0.3 is 0 Å². The van der Waals surface area contributed by atoms with Crippen molar-refractivity contribution < 1.29 is 13.0 Å². The molecule has 0 fully saturated rings. The van der Waals surface area contributed by atoms with Crippen molar-refractivity contribution in [2.75, 3.05) is 0 Å². The van der Waals surface area contributed by atoms with Gasteiger partial charge in [-0.2, -0.15) is 5.10 Å². The van der Waals surface area contributed by atoms with Crippen molar-refractivity contribution >= 4 is 16.6 Å². The van der Waals surface area contributed by atoms with Gasteiger partial charge < -0.3 is 0 Å². The third-order valence-corrected chi connectivity index (χ3v) is 5.54. The van der Waals surface area contributed by atoms with Crippen LogP contribution in [0.5, 0.6) is 0 Å². The molecular weight excluding hydrogens is 358 g/mol. The molecule has 2 aromatic heterocycles. The number of hydrogen-bond acceptors (Lipinski definition) is 3. The van der Waals surface area contributed by atoms with E-state index in [2.05, 4.69) is 14.8 Å². The summed E-state index contributed by atoms with van der Waals surface area (Å²) in [5.41, 5.74) is 1.96. The minimum Gasteiger partial charge on any atom is -0.242 e. The largest absolute Gasteiger partial charge is 0.242 e. The second-order valence-corrected chi connectivity index (χ2v) is 9.05. The summed E-state index contributed by atoms with van der Waals surface area (Å²) in [5.74, 6) is -1.37. The lowest BCUT2D eigenvalue weighted by atomic mass is 10.0. The first kappa shape index (κ1) is 18.6. The number of halogens is 2. The molecule has 0 saturated carbocycles. The summed E-state index contributed by atoms with van der Waals surface area (Å²) in [5, 5.41) is 4.46. The first-order valence-corrected chi connectivity index (χ1v) is 9.29. The van der Waals surface area contributed by atoms with Crippen molar-refractivity contribution in [2.45, 2.75) is 38.5 Å². The van der Waals surface area contributed by atoms with Crippen LogP contribution in [0.4, 0.5) is 8.78 Å². The second-order valence-electron chi connectivity index (χ2n) is 7.06. The molecule has 0 radical (unpaired) electrons. The van der Waals surface area contributed by atoms with Crippen LogP contribution in [0.15, 0.2) is 36.7 Å². The Morgan fingerprint density at radius 2 is 1.81 bits per heavy atom. The van der Waals surface area contributed by atoms with E-state index in [0.29, 0.717) is 22.5 Å². The van der Waals surface area contributed by atoms with E-state index in [9.17, 15) is 13.0 Å². The Morgan fingerprint density at radius 3 is 2.42 bits per heavy atom. The zero-order valence-electron chi connectivity index (χ0n) is 15.0. The summed E-state index contributed by atoms with van der Waals surface area (Å²) in [6, 6.07) is 4.68. The average Bonchev–Trinajstić information content (AvgIpc) is 2.99. The summed E-state index contributed by atoms with van der Waals surface area (Å²) in [4.78, 5) is 4.21. The van der Waals surface area contributed by atoms with E-state index in [4.69, 9.17) is 0 Å². The van der Waals surface area contributed by atoms with Crippen LogP contribution in [0.1, 0.15) is 39.3 Å². The number of nitrogens with zero attached hydrogens (tertiary/aromatic N) is 3. The molecule has 0 aliphatic heterocycles. The molecule has 1 aromatic carbocycles. The van der Waals surface area contributed by atoms with E-state index < -0.39 is 27.4 Å². The quantitative estimate of drug-likeness (QED) is 0.751. The fourth-order valence-corrected chi connectivity index (χ4v) is 3.32. The maximum atomic E-state index is 13.7. The first-order chi connectivity index (χ1) is 12.1. The molecule has 0 saturated heterocycles. The molecule has 0 amide bonds. The lowest BCUT2D eigenvalue weighted by Gasteiger charge is -2.23. The molecule has 0 aliphatic rings. The summed E-state index contributed by atoms with van der Waals surface area (Å²) < 4.78 is 44.0. The van der Waals surface area contributed by atoms with Gasteiger partial charge in [0, 0.05) is 35.6 Å². The highest BCUT2D eigenvalue weighted by Crippen LogP contribution is 2.29. The predicted molar refractivity (Wildman–Crippen MR) is 97.8 cm³/mol. The summed E-state index contributed by atoms with van der Waals surface area (Å²) >= 11 is 0. The SMILES string of the molecule is C[C@H](NS(=O)C(C)(C)C)c1cc2nccn2nc1-c1cc(F)cc(F)c1. The molecule has 2 atom stereocenters. The number of fused-ring (bicyclic) bond motifs is 1. The summed E-state index contributed by atoms with van der Waals surface area (Å²) in [7, 11) is -1.32. The molecule has 0 spiro atoms. The van der Waals surface area contributed by atoms with E-state index >= 15 is 0 Å². The van der Waals surface area contributed by atoms with Gasteiger partial charge in [-0.3, -0.25) is 0 Å². The lowest BCUT2D eigenvalue weighted by Crippen LogP contribution is -2.35. The highest BCUT2D eigenvalue weighted by molar-refractivity contribution is 7.84. The van der Waals surface area contributed by atoms with Gasteiger partial charge in [0.1, 0.15) is 11.6 Å². The summed E-state index contributed by atoms with van der Waals surface area (Å²) in [6.07, 6.45) is 3.25. The van der Waals surface area contributed by atoms with Crippen LogP contribution in [0.3, 0.4) is 0 Å². The van der Waals surface area contributed by atoms with Crippen LogP contribution in [-0.4, -0.2) is 23.6 Å². The smallest absolute Gasteiger partial charge is 0.153 e. The van der Waals surface area contributed by atoms with Crippen LogP contribution in [-0.2, 0) is 11.0 Å². The topological polar surface area (TPSA) is 59.3 Å². The Labute approximate surface area is 153 Å². The normalized spacial score (nSPS) is 14.5. The maximum absolute atomic E-state index is 13.7. The van der Waals surface area contributed by atoms with Gasteiger partial charge in [0.05, 0.1) is 21.4 Å². The Kier molecular flexibility index (Phi) is 4.90. The number of aromatic nitrogens is 3. The van der Waals surface area contributed by atoms with Crippen molar-refractivity contribution in [1.82, 2.24) is 19.3 Å². The zero-order valence-corrected chi connectivity index (χ0v) is 15.8. The Balaban J connectivity index is 2.12. The third kappa shape index (κ3) is 3.81. The molecule has 138 valence electrons. The Bertz CT molecular complexity index is 961. The van der Waals surface area contributed by atoms with Crippen molar-refractivity contribution in [1.29, 1.82) is 0 Å². The van der Waals surface area contributed by atoms with Gasteiger partial charge in [-0.25, -0.2) is 27.2 Å². The van der Waals surface area contributed by atoms with E-state index in [1.54, 1.807) is 18.5 Å². The Morgan fingerprint density at radius 1 is 1.15 bits per heavy atom. The second kappa shape index (κ2) is 6.85. The highest BCUT2D eigenvalue weighted by Gasteiger charge is 2.24. The van der Waals surface area contributed by atoms with Gasteiger partial charge in [0.15, 0.2) is 5.65 Å². The van der Waals surface area contributed by atoms with E-state index in [1.807, 2.05) is 27.7 Å². The van der Waals surface area contributed by atoms with Crippen LogP contribution < -0.4 is 4.72 Å². The minimum absolute atomic E-state index is 0.309. The molecule has 3 aromatic rings. The van der Waals surface area contributed by atoms with Crippen LogP contribution in [0.2, 0.25) is 0 Å². The van der Waals surface area contributed by atoms with E-state index in [1.165, 1.54) is 16.6 Å². The van der Waals surface area contributed by atoms with Gasteiger partial charge in [-0.05, 0) is 45.9 Å². The summed E-state index contributed by atoms with van der Waals surface area (Å²) in [6.45, 7) is 7.42. The highest BCUT2D eigenvalue weighted by atomic mass is 32.2. The van der Waals surface area contributed by atoms with Gasteiger partial charge in [0.25, 0.3) is 0 Å². The first-order valence-electron chi connectivity index (χ1n) is 8.14. The van der Waals surface area contributed by atoms with Crippen molar-refractivity contribution in [3.63, 3.8) is 0 Å². The fraction of sp³-hybridized carbons (Fsp3) is 0.333. The maximum Gasteiger partial charge on any atom is 0.153 e. The monoisotopic (exact) mass is 378 g/mol. The van der Waals surface area contributed by atoms with Gasteiger partial charge in [0.2, 0.25) is 0 Å². The molecule has 0 bridgehead atoms. The van der Waals surface area contributed by atoms with Crippen molar-refractivity contribution in [3.8, 4) is 11.3 Å². The zero-order chi connectivity index (χ0) is 19.1. The molecule has 1 N–H and O–H groups in total. The van der Waals surface area contributed by atoms with Crippen LogP contribution >= 0.6 is 0 Å². The van der Waals surface area contributed by atoms with Gasteiger partial charge in [-0.15, -0.1) is 0 Å². The molecule has 5 nitrogen and oxygen atoms in total. The fourth-order valence-electron chi connectivity index (χ4n) is 2.52. The predicted octanol–water partition coefficient (Wildman–Crippen LogP) is 3.79. The van der Waals surface area contributed by atoms with Crippen LogP contribution in [0, 0.1) is 11.6 Å². The third-order valence-electron chi connectivity index (χ3n) is 3.86. The van der Waals surface area contributed by atoms with Gasteiger partial charge in [-0.1, -0.05) is 0 Å². The molecule has 2 heterocycles. The molecular formula is C18H20F2N4OS. The van der Waals surface area contributed by atoms with Crippen molar-refractivity contribution in [3.05, 3.63) is 53.9 Å². The minimum atomic E-state index is -1.32. The standard InChI is InChI=1S/C18H20F2N4OS/c1-11(23-26(25)18(2,3)4)15-10-16-21-5-6-24(16)22-17(15)12-7-13(19)9-14(20)8-12/h5-11,23H,1-4H3/t11-,26?/m0/s1. The molecule has 1 unspecified atom stereocenters. The molecule has 0 aliphatic carbocycles.